The lowest BCUT2D eigenvalue weighted by Crippen LogP contribution is -2.54. The number of anilines is 1. The van der Waals surface area contributed by atoms with Gasteiger partial charge in [0.2, 0.25) is 0 Å². The number of morpholine rings is 1. The molecule has 2 aromatic rings. The number of ether oxygens (including phenoxy) is 2. The molecule has 1 saturated heterocycles. The van der Waals surface area contributed by atoms with Gasteiger partial charge in [-0.1, -0.05) is 22.8 Å². The van der Waals surface area contributed by atoms with Crippen LogP contribution in [0.5, 0.6) is 0 Å². The van der Waals surface area contributed by atoms with Gasteiger partial charge in [-0.05, 0) is 43.3 Å². The molecule has 1 atom stereocenters. The Labute approximate surface area is 136 Å². The molecule has 1 aliphatic rings. The van der Waals surface area contributed by atoms with E-state index < -0.39 is 0 Å². The predicted molar refractivity (Wildman–Crippen MR) is 86.9 cm³/mol. The van der Waals surface area contributed by atoms with Gasteiger partial charge in [-0.25, -0.2) is 0 Å². The first-order valence-corrected chi connectivity index (χ1v) is 7.76. The molecule has 0 saturated carbocycles. The van der Waals surface area contributed by atoms with Crippen molar-refractivity contribution in [1.29, 1.82) is 0 Å². The summed E-state index contributed by atoms with van der Waals surface area (Å²) in [6.45, 7) is 8.17. The Bertz CT molecular complexity index is 653. The molecule has 3 rings (SSSR count). The average molecular weight is 317 g/mol. The van der Waals surface area contributed by atoms with Crippen LogP contribution in [0.1, 0.15) is 19.4 Å². The molecular formula is C16H23N5O2. The molecule has 0 unspecified atom stereocenters. The summed E-state index contributed by atoms with van der Waals surface area (Å²) in [5, 5.41) is 12.2. The SMILES string of the molecule is COC[C@@H]1CN(c2nnnn2-c2ccc(C)cc2)CC(C)(C)O1. The maximum Gasteiger partial charge on any atom is 0.250 e. The van der Waals surface area contributed by atoms with Gasteiger partial charge in [0.15, 0.2) is 0 Å². The van der Waals surface area contributed by atoms with Gasteiger partial charge in [0.05, 0.1) is 24.0 Å². The topological polar surface area (TPSA) is 65.3 Å². The first-order chi connectivity index (χ1) is 11.0. The number of tetrazole rings is 1. The lowest BCUT2D eigenvalue weighted by atomic mass is 10.1. The van der Waals surface area contributed by atoms with Gasteiger partial charge >= 0.3 is 0 Å². The number of rotatable bonds is 4. The Morgan fingerprint density at radius 3 is 2.74 bits per heavy atom. The minimum atomic E-state index is -0.286. The van der Waals surface area contributed by atoms with Gasteiger partial charge in [-0.3, -0.25) is 0 Å². The summed E-state index contributed by atoms with van der Waals surface area (Å²) >= 11 is 0. The first-order valence-electron chi connectivity index (χ1n) is 7.76. The molecule has 2 heterocycles. The summed E-state index contributed by atoms with van der Waals surface area (Å²) < 4.78 is 13.1. The third-order valence-electron chi connectivity index (χ3n) is 3.85. The summed E-state index contributed by atoms with van der Waals surface area (Å²) in [5.41, 5.74) is 1.87. The van der Waals surface area contributed by atoms with Gasteiger partial charge in [-0.15, -0.1) is 0 Å². The molecule has 1 aliphatic heterocycles. The van der Waals surface area contributed by atoms with E-state index >= 15 is 0 Å². The van der Waals surface area contributed by atoms with Crippen LogP contribution in [0.25, 0.3) is 5.69 Å². The second-order valence-corrected chi connectivity index (χ2v) is 6.56. The van der Waals surface area contributed by atoms with Crippen LogP contribution in [0.4, 0.5) is 5.95 Å². The van der Waals surface area contributed by atoms with Crippen molar-refractivity contribution >= 4 is 5.95 Å². The van der Waals surface area contributed by atoms with Crippen LogP contribution in [-0.4, -0.2) is 58.7 Å². The molecule has 7 heteroatoms. The second-order valence-electron chi connectivity index (χ2n) is 6.56. The molecule has 7 nitrogen and oxygen atoms in total. The van der Waals surface area contributed by atoms with Gasteiger partial charge in [0.1, 0.15) is 0 Å². The molecule has 23 heavy (non-hydrogen) atoms. The molecule has 0 bridgehead atoms. The highest BCUT2D eigenvalue weighted by Gasteiger charge is 2.35. The quantitative estimate of drug-likeness (QED) is 0.853. The van der Waals surface area contributed by atoms with E-state index in [9.17, 15) is 0 Å². The van der Waals surface area contributed by atoms with E-state index in [4.69, 9.17) is 9.47 Å². The van der Waals surface area contributed by atoms with E-state index in [1.807, 2.05) is 12.1 Å². The van der Waals surface area contributed by atoms with E-state index in [1.54, 1.807) is 11.8 Å². The van der Waals surface area contributed by atoms with Crippen LogP contribution in [0.2, 0.25) is 0 Å². The van der Waals surface area contributed by atoms with Gasteiger partial charge in [0, 0.05) is 20.2 Å². The van der Waals surface area contributed by atoms with Crippen molar-refractivity contribution in [2.45, 2.75) is 32.5 Å². The highest BCUT2D eigenvalue weighted by atomic mass is 16.5. The number of aryl methyl sites for hydroxylation is 1. The van der Waals surface area contributed by atoms with E-state index in [1.165, 1.54) is 5.56 Å². The van der Waals surface area contributed by atoms with Crippen LogP contribution in [0.3, 0.4) is 0 Å². The largest absolute Gasteiger partial charge is 0.382 e. The monoisotopic (exact) mass is 317 g/mol. The molecule has 1 fully saturated rings. The Hall–Kier alpha value is -1.99. The third kappa shape index (κ3) is 3.51. The fourth-order valence-electron chi connectivity index (χ4n) is 2.95. The number of hydrogen-bond donors (Lipinski definition) is 0. The molecule has 0 aliphatic carbocycles. The lowest BCUT2D eigenvalue weighted by Gasteiger charge is -2.42. The van der Waals surface area contributed by atoms with Crippen molar-refractivity contribution in [3.05, 3.63) is 29.8 Å². The Morgan fingerprint density at radius 1 is 1.30 bits per heavy atom. The van der Waals surface area contributed by atoms with Crippen molar-refractivity contribution < 1.29 is 9.47 Å². The van der Waals surface area contributed by atoms with Gasteiger partial charge in [0.25, 0.3) is 5.95 Å². The Morgan fingerprint density at radius 2 is 2.04 bits per heavy atom. The molecule has 1 aromatic heterocycles. The summed E-state index contributed by atoms with van der Waals surface area (Å²) in [6.07, 6.45) is -0.00748. The standard InChI is InChI=1S/C16H23N5O2/c1-12-5-7-13(8-6-12)21-15(17-18-19-21)20-9-14(10-22-4)23-16(2,3)11-20/h5-8,14H,9-11H2,1-4H3/t14-/m0/s1. The van der Waals surface area contributed by atoms with Crippen molar-refractivity contribution in [2.75, 3.05) is 31.7 Å². The van der Waals surface area contributed by atoms with Crippen molar-refractivity contribution in [3.8, 4) is 5.69 Å². The maximum atomic E-state index is 6.06. The number of benzene rings is 1. The zero-order valence-corrected chi connectivity index (χ0v) is 14.1. The van der Waals surface area contributed by atoms with E-state index in [0.717, 1.165) is 18.2 Å². The molecule has 0 N–H and O–H groups in total. The molecule has 0 amide bonds. The summed E-state index contributed by atoms with van der Waals surface area (Å²) in [6, 6.07) is 8.15. The number of aromatic nitrogens is 4. The predicted octanol–water partition coefficient (Wildman–Crippen LogP) is 1.60. The molecular weight excluding hydrogens is 294 g/mol. The Kier molecular flexibility index (Phi) is 4.32. The van der Waals surface area contributed by atoms with Gasteiger partial charge in [-0.2, -0.15) is 4.68 Å². The lowest BCUT2D eigenvalue weighted by molar-refractivity contribution is -0.106. The average Bonchev–Trinajstić information content (AvgIpc) is 2.96. The smallest absolute Gasteiger partial charge is 0.250 e. The highest BCUT2D eigenvalue weighted by molar-refractivity contribution is 5.42. The minimum Gasteiger partial charge on any atom is -0.382 e. The van der Waals surface area contributed by atoms with Gasteiger partial charge < -0.3 is 14.4 Å². The van der Waals surface area contributed by atoms with Crippen molar-refractivity contribution in [3.63, 3.8) is 0 Å². The molecule has 0 radical (unpaired) electrons. The summed E-state index contributed by atoms with van der Waals surface area (Å²) in [5.74, 6) is 0.728. The van der Waals surface area contributed by atoms with E-state index in [0.29, 0.717) is 13.2 Å². The van der Waals surface area contributed by atoms with Crippen LogP contribution < -0.4 is 4.90 Å². The first kappa shape index (κ1) is 15.9. The van der Waals surface area contributed by atoms with E-state index in [-0.39, 0.29) is 11.7 Å². The van der Waals surface area contributed by atoms with Crippen molar-refractivity contribution in [2.24, 2.45) is 0 Å². The molecule has 124 valence electrons. The van der Waals surface area contributed by atoms with E-state index in [2.05, 4.69) is 53.3 Å². The molecule has 0 spiro atoms. The van der Waals surface area contributed by atoms with Crippen LogP contribution >= 0.6 is 0 Å². The minimum absolute atomic E-state index is 0.00748. The van der Waals surface area contributed by atoms with Crippen LogP contribution in [-0.2, 0) is 9.47 Å². The van der Waals surface area contributed by atoms with Crippen LogP contribution in [0, 0.1) is 6.92 Å². The van der Waals surface area contributed by atoms with Crippen LogP contribution in [0.15, 0.2) is 24.3 Å². The van der Waals surface area contributed by atoms with Crippen molar-refractivity contribution in [1.82, 2.24) is 20.2 Å². The zero-order valence-electron chi connectivity index (χ0n) is 14.1. The number of nitrogens with zero attached hydrogens (tertiary/aromatic N) is 5. The summed E-state index contributed by atoms with van der Waals surface area (Å²) in [4.78, 5) is 2.16. The Balaban J connectivity index is 1.89. The summed E-state index contributed by atoms with van der Waals surface area (Å²) in [7, 11) is 1.69. The maximum absolute atomic E-state index is 6.06. The molecule has 1 aromatic carbocycles. The normalized spacial score (nSPS) is 20.7. The fourth-order valence-corrected chi connectivity index (χ4v) is 2.95. The second kappa shape index (κ2) is 6.25. The third-order valence-corrected chi connectivity index (χ3v) is 3.85. The number of methoxy groups -OCH3 is 1. The number of hydrogen-bond acceptors (Lipinski definition) is 6. The fraction of sp³-hybridized carbons (Fsp3) is 0.562. The zero-order chi connectivity index (χ0) is 16.4. The highest BCUT2D eigenvalue weighted by Crippen LogP contribution is 2.26.